The first-order chi connectivity index (χ1) is 7.76. The number of hydrogen-bond acceptors (Lipinski definition) is 3. The number of rotatable bonds is 7. The average Bonchev–Trinajstić information content (AvgIpc) is 2.32. The lowest BCUT2D eigenvalue weighted by atomic mass is 9.99. The number of anilines is 1. The van der Waals surface area contributed by atoms with Crippen molar-refractivity contribution >= 4 is 5.82 Å². The molecule has 1 heterocycles. The lowest BCUT2D eigenvalue weighted by Gasteiger charge is -2.15. The van der Waals surface area contributed by atoms with Gasteiger partial charge in [0.25, 0.3) is 5.56 Å². The molecular formula is C12H21N3O. The molecule has 0 spiro atoms. The number of nitrogens with zero attached hydrogens (tertiary/aromatic N) is 1. The van der Waals surface area contributed by atoms with Gasteiger partial charge in [-0.15, -0.1) is 0 Å². The summed E-state index contributed by atoms with van der Waals surface area (Å²) in [5, 5.41) is 9.58. The molecule has 0 aliphatic carbocycles. The summed E-state index contributed by atoms with van der Waals surface area (Å²) in [5.41, 5.74) is -0.163. The van der Waals surface area contributed by atoms with E-state index in [2.05, 4.69) is 29.4 Å². The van der Waals surface area contributed by atoms with Gasteiger partial charge in [0.15, 0.2) is 0 Å². The predicted octanol–water partition coefficient (Wildman–Crippen LogP) is 2.40. The van der Waals surface area contributed by atoms with Crippen molar-refractivity contribution in [2.24, 2.45) is 5.92 Å². The first-order valence-corrected chi connectivity index (χ1v) is 6.05. The van der Waals surface area contributed by atoms with Crippen LogP contribution in [0.3, 0.4) is 0 Å². The lowest BCUT2D eigenvalue weighted by molar-refractivity contribution is 0.472. The highest BCUT2D eigenvalue weighted by Crippen LogP contribution is 2.12. The van der Waals surface area contributed by atoms with Gasteiger partial charge in [0.1, 0.15) is 5.82 Å². The number of aromatic amines is 1. The third kappa shape index (κ3) is 4.47. The molecule has 16 heavy (non-hydrogen) atoms. The maximum absolute atomic E-state index is 10.8. The SMILES string of the molecule is CCCCC(CC)CNc1ccc(=O)[nH]n1. The summed E-state index contributed by atoms with van der Waals surface area (Å²) in [6.45, 7) is 5.35. The van der Waals surface area contributed by atoms with Crippen LogP contribution < -0.4 is 10.9 Å². The van der Waals surface area contributed by atoms with Crippen LogP contribution in [0, 0.1) is 5.92 Å². The van der Waals surface area contributed by atoms with E-state index >= 15 is 0 Å². The van der Waals surface area contributed by atoms with E-state index in [0.29, 0.717) is 5.92 Å². The highest BCUT2D eigenvalue weighted by molar-refractivity contribution is 5.31. The quantitative estimate of drug-likeness (QED) is 0.746. The Kier molecular flexibility index (Phi) is 5.61. The third-order valence-corrected chi connectivity index (χ3v) is 2.79. The van der Waals surface area contributed by atoms with E-state index < -0.39 is 0 Å². The Morgan fingerprint density at radius 1 is 1.44 bits per heavy atom. The molecular weight excluding hydrogens is 202 g/mol. The molecule has 0 saturated heterocycles. The molecule has 0 aliphatic heterocycles. The second kappa shape index (κ2) is 7.04. The highest BCUT2D eigenvalue weighted by atomic mass is 16.1. The van der Waals surface area contributed by atoms with Crippen LogP contribution in [0.4, 0.5) is 5.82 Å². The van der Waals surface area contributed by atoms with E-state index in [4.69, 9.17) is 0 Å². The fourth-order valence-corrected chi connectivity index (χ4v) is 1.64. The highest BCUT2D eigenvalue weighted by Gasteiger charge is 2.05. The van der Waals surface area contributed by atoms with E-state index in [1.807, 2.05) is 0 Å². The standard InChI is InChI=1S/C12H21N3O/c1-3-5-6-10(4-2)9-13-11-7-8-12(16)15-14-11/h7-8,10H,3-6,9H2,1-2H3,(H,13,14)(H,15,16). The van der Waals surface area contributed by atoms with Crippen molar-refractivity contribution < 1.29 is 0 Å². The van der Waals surface area contributed by atoms with Gasteiger partial charge in [-0.2, -0.15) is 5.10 Å². The maximum atomic E-state index is 10.8. The number of H-pyrrole nitrogens is 1. The van der Waals surface area contributed by atoms with Crippen molar-refractivity contribution in [3.63, 3.8) is 0 Å². The smallest absolute Gasteiger partial charge is 0.264 e. The maximum Gasteiger partial charge on any atom is 0.264 e. The largest absolute Gasteiger partial charge is 0.368 e. The van der Waals surface area contributed by atoms with Gasteiger partial charge in [0.2, 0.25) is 0 Å². The van der Waals surface area contributed by atoms with E-state index in [1.54, 1.807) is 6.07 Å². The molecule has 0 aliphatic rings. The van der Waals surface area contributed by atoms with Crippen LogP contribution in [-0.4, -0.2) is 16.7 Å². The van der Waals surface area contributed by atoms with Gasteiger partial charge in [-0.3, -0.25) is 4.79 Å². The molecule has 4 heteroatoms. The molecule has 1 aromatic heterocycles. The summed E-state index contributed by atoms with van der Waals surface area (Å²) in [5.74, 6) is 1.43. The summed E-state index contributed by atoms with van der Waals surface area (Å²) in [4.78, 5) is 10.8. The third-order valence-electron chi connectivity index (χ3n) is 2.79. The monoisotopic (exact) mass is 223 g/mol. The first-order valence-electron chi connectivity index (χ1n) is 6.05. The van der Waals surface area contributed by atoms with Gasteiger partial charge in [-0.1, -0.05) is 33.1 Å². The molecule has 0 bridgehead atoms. The molecule has 1 aromatic rings. The van der Waals surface area contributed by atoms with Gasteiger partial charge >= 0.3 is 0 Å². The van der Waals surface area contributed by atoms with Crippen molar-refractivity contribution in [2.75, 3.05) is 11.9 Å². The van der Waals surface area contributed by atoms with E-state index in [-0.39, 0.29) is 5.56 Å². The molecule has 0 fully saturated rings. The van der Waals surface area contributed by atoms with Gasteiger partial charge in [0, 0.05) is 12.6 Å². The van der Waals surface area contributed by atoms with Crippen LogP contribution >= 0.6 is 0 Å². The Morgan fingerprint density at radius 2 is 2.25 bits per heavy atom. The van der Waals surface area contributed by atoms with Crippen molar-refractivity contribution in [3.8, 4) is 0 Å². The zero-order valence-corrected chi connectivity index (χ0v) is 10.1. The van der Waals surface area contributed by atoms with Crippen LogP contribution in [-0.2, 0) is 0 Å². The zero-order chi connectivity index (χ0) is 11.8. The summed E-state index contributed by atoms with van der Waals surface area (Å²) < 4.78 is 0. The molecule has 0 radical (unpaired) electrons. The zero-order valence-electron chi connectivity index (χ0n) is 10.1. The summed E-state index contributed by atoms with van der Waals surface area (Å²) >= 11 is 0. The Labute approximate surface area is 96.5 Å². The minimum absolute atomic E-state index is 0.163. The second-order valence-electron chi connectivity index (χ2n) is 4.10. The van der Waals surface area contributed by atoms with Gasteiger partial charge in [-0.05, 0) is 18.4 Å². The number of nitrogens with one attached hydrogen (secondary N) is 2. The van der Waals surface area contributed by atoms with E-state index in [1.165, 1.54) is 31.7 Å². The molecule has 0 saturated carbocycles. The topological polar surface area (TPSA) is 57.8 Å². The average molecular weight is 223 g/mol. The van der Waals surface area contributed by atoms with E-state index in [0.717, 1.165) is 12.4 Å². The van der Waals surface area contributed by atoms with Crippen molar-refractivity contribution in [1.82, 2.24) is 10.2 Å². The van der Waals surface area contributed by atoms with Crippen LogP contribution in [0.5, 0.6) is 0 Å². The predicted molar refractivity (Wildman–Crippen MR) is 66.7 cm³/mol. The normalized spacial score (nSPS) is 12.4. The Bertz CT molecular complexity index is 328. The summed E-state index contributed by atoms with van der Waals surface area (Å²) in [7, 11) is 0. The van der Waals surface area contributed by atoms with Crippen molar-refractivity contribution in [3.05, 3.63) is 22.5 Å². The first kappa shape index (κ1) is 12.7. The molecule has 4 nitrogen and oxygen atoms in total. The number of unbranched alkanes of at least 4 members (excludes halogenated alkanes) is 1. The number of hydrogen-bond donors (Lipinski definition) is 2. The Morgan fingerprint density at radius 3 is 2.81 bits per heavy atom. The molecule has 0 amide bonds. The lowest BCUT2D eigenvalue weighted by Crippen LogP contribution is -2.16. The van der Waals surface area contributed by atoms with Gasteiger partial charge in [-0.25, -0.2) is 5.10 Å². The summed E-state index contributed by atoms with van der Waals surface area (Å²) in [6, 6.07) is 3.20. The minimum atomic E-state index is -0.163. The van der Waals surface area contributed by atoms with Crippen molar-refractivity contribution in [1.29, 1.82) is 0 Å². The molecule has 90 valence electrons. The van der Waals surface area contributed by atoms with Crippen LogP contribution in [0.1, 0.15) is 39.5 Å². The molecule has 1 unspecified atom stereocenters. The van der Waals surface area contributed by atoms with Crippen LogP contribution in [0.15, 0.2) is 16.9 Å². The Hall–Kier alpha value is -1.32. The molecule has 0 aromatic carbocycles. The molecule has 1 atom stereocenters. The second-order valence-corrected chi connectivity index (χ2v) is 4.10. The fourth-order valence-electron chi connectivity index (χ4n) is 1.64. The van der Waals surface area contributed by atoms with E-state index in [9.17, 15) is 4.79 Å². The summed E-state index contributed by atoms with van der Waals surface area (Å²) in [6.07, 6.45) is 4.95. The fraction of sp³-hybridized carbons (Fsp3) is 0.667. The molecule has 1 rings (SSSR count). The van der Waals surface area contributed by atoms with Crippen molar-refractivity contribution in [2.45, 2.75) is 39.5 Å². The Balaban J connectivity index is 2.36. The van der Waals surface area contributed by atoms with Crippen LogP contribution in [0.2, 0.25) is 0 Å². The molecule has 2 N–H and O–H groups in total. The van der Waals surface area contributed by atoms with Gasteiger partial charge < -0.3 is 5.32 Å². The minimum Gasteiger partial charge on any atom is -0.368 e. The van der Waals surface area contributed by atoms with Gasteiger partial charge in [0.05, 0.1) is 0 Å². The number of aromatic nitrogens is 2. The van der Waals surface area contributed by atoms with Crippen LogP contribution in [0.25, 0.3) is 0 Å².